The molecule has 18 heavy (non-hydrogen) atoms. The number of allylic oxidation sites excluding steroid dienone is 2. The number of hydrogen-bond acceptors (Lipinski definition) is 1. The van der Waals surface area contributed by atoms with Gasteiger partial charge < -0.3 is 5.41 Å². The van der Waals surface area contributed by atoms with Crippen molar-refractivity contribution in [1.29, 1.82) is 5.41 Å². The molecule has 0 rings (SSSR count). The predicted octanol–water partition coefficient (Wildman–Crippen LogP) is 6.14. The van der Waals surface area contributed by atoms with Gasteiger partial charge in [-0.2, -0.15) is 0 Å². The molecule has 0 radical (unpaired) electrons. The molecule has 0 saturated carbocycles. The van der Waals surface area contributed by atoms with Crippen LogP contribution in [0.25, 0.3) is 0 Å². The molecule has 0 amide bonds. The Kier molecular flexibility index (Phi) is 11.1. The summed E-state index contributed by atoms with van der Waals surface area (Å²) >= 11 is 0. The summed E-state index contributed by atoms with van der Waals surface area (Å²) in [7, 11) is 0. The summed E-state index contributed by atoms with van der Waals surface area (Å²) in [5.41, 5.74) is 0.318. The summed E-state index contributed by atoms with van der Waals surface area (Å²) < 4.78 is 0. The second kappa shape index (κ2) is 11.5. The van der Waals surface area contributed by atoms with Crippen LogP contribution in [0.5, 0.6) is 0 Å². The van der Waals surface area contributed by atoms with Gasteiger partial charge >= 0.3 is 0 Å². The molecule has 0 fully saturated rings. The highest BCUT2D eigenvalue weighted by Gasteiger charge is 2.19. The zero-order chi connectivity index (χ0) is 13.7. The van der Waals surface area contributed by atoms with E-state index in [-0.39, 0.29) is 0 Å². The van der Waals surface area contributed by atoms with E-state index in [1.165, 1.54) is 70.4 Å². The van der Waals surface area contributed by atoms with E-state index in [0.717, 1.165) is 0 Å². The lowest BCUT2D eigenvalue weighted by Crippen LogP contribution is -2.13. The van der Waals surface area contributed by atoms with Gasteiger partial charge in [0, 0.05) is 6.21 Å². The number of rotatable bonds is 12. The molecule has 0 aromatic carbocycles. The van der Waals surface area contributed by atoms with E-state index in [1.54, 1.807) is 0 Å². The normalized spacial score (nSPS) is 12.2. The fourth-order valence-corrected chi connectivity index (χ4v) is 2.48. The van der Waals surface area contributed by atoms with Crippen LogP contribution in [-0.2, 0) is 0 Å². The van der Waals surface area contributed by atoms with Gasteiger partial charge in [0.2, 0.25) is 0 Å². The van der Waals surface area contributed by atoms with E-state index in [2.05, 4.69) is 26.8 Å². The van der Waals surface area contributed by atoms with Gasteiger partial charge in [-0.05, 0) is 24.3 Å². The smallest absolute Gasteiger partial charge is 0.0174 e. The highest BCUT2D eigenvalue weighted by molar-refractivity contribution is 5.67. The summed E-state index contributed by atoms with van der Waals surface area (Å²) in [6.07, 6.45) is 18.9. The Morgan fingerprint density at radius 2 is 1.33 bits per heavy atom. The van der Waals surface area contributed by atoms with Crippen molar-refractivity contribution >= 4 is 6.21 Å². The van der Waals surface area contributed by atoms with Crippen molar-refractivity contribution in [3.8, 4) is 0 Å². The van der Waals surface area contributed by atoms with Crippen LogP contribution < -0.4 is 0 Å². The first-order valence-electron chi connectivity index (χ1n) is 7.87. The fourth-order valence-electron chi connectivity index (χ4n) is 2.48. The fraction of sp³-hybridized carbons (Fsp3) is 0.824. The van der Waals surface area contributed by atoms with E-state index >= 15 is 0 Å². The van der Waals surface area contributed by atoms with Gasteiger partial charge in [0.1, 0.15) is 0 Å². The van der Waals surface area contributed by atoms with Crippen LogP contribution in [0.4, 0.5) is 0 Å². The second-order valence-corrected chi connectivity index (χ2v) is 5.80. The van der Waals surface area contributed by atoms with E-state index in [4.69, 9.17) is 5.41 Å². The predicted molar refractivity (Wildman–Crippen MR) is 83.5 cm³/mol. The van der Waals surface area contributed by atoms with Crippen molar-refractivity contribution in [2.45, 2.75) is 85.0 Å². The third kappa shape index (κ3) is 9.44. The monoisotopic (exact) mass is 251 g/mol. The van der Waals surface area contributed by atoms with E-state index in [0.29, 0.717) is 5.41 Å². The van der Waals surface area contributed by atoms with Gasteiger partial charge in [0.25, 0.3) is 0 Å². The number of hydrogen-bond donors (Lipinski definition) is 1. The molecule has 0 saturated heterocycles. The first kappa shape index (κ1) is 17.4. The highest BCUT2D eigenvalue weighted by atomic mass is 14.3. The maximum Gasteiger partial charge on any atom is 0.0174 e. The molecule has 0 aliphatic rings. The Labute approximate surface area is 115 Å². The largest absolute Gasteiger partial charge is 0.309 e. The summed E-state index contributed by atoms with van der Waals surface area (Å²) in [4.78, 5) is 0. The van der Waals surface area contributed by atoms with Crippen LogP contribution in [-0.4, -0.2) is 6.21 Å². The van der Waals surface area contributed by atoms with Gasteiger partial charge in [-0.25, -0.2) is 0 Å². The zero-order valence-corrected chi connectivity index (χ0v) is 12.8. The lowest BCUT2D eigenvalue weighted by Gasteiger charge is -2.26. The SMILES string of the molecule is CCCCCCC(C)(/C=C\C=N)CCCCCC. The molecule has 1 N–H and O–H groups in total. The standard InChI is InChI=1S/C17H33N/c1-4-6-8-10-13-17(3,15-12-16-18)14-11-9-7-5-2/h12,15-16,18H,4-11,13-14H2,1-3H3/b15-12-,18-16?. The van der Waals surface area contributed by atoms with E-state index in [9.17, 15) is 0 Å². The zero-order valence-electron chi connectivity index (χ0n) is 12.8. The summed E-state index contributed by atoms with van der Waals surface area (Å²) in [6, 6.07) is 0. The average molecular weight is 251 g/mol. The number of unbranched alkanes of at least 4 members (excludes halogenated alkanes) is 6. The van der Waals surface area contributed by atoms with Crippen molar-refractivity contribution in [3.63, 3.8) is 0 Å². The van der Waals surface area contributed by atoms with Crippen molar-refractivity contribution in [3.05, 3.63) is 12.2 Å². The second-order valence-electron chi connectivity index (χ2n) is 5.80. The van der Waals surface area contributed by atoms with Crippen LogP contribution in [0.3, 0.4) is 0 Å². The highest BCUT2D eigenvalue weighted by Crippen LogP contribution is 2.32. The third-order valence-corrected chi connectivity index (χ3v) is 3.80. The summed E-state index contributed by atoms with van der Waals surface area (Å²) in [6.45, 7) is 6.89. The first-order chi connectivity index (χ1) is 8.68. The van der Waals surface area contributed by atoms with Gasteiger partial charge in [-0.1, -0.05) is 78.2 Å². The molecule has 0 atom stereocenters. The molecular weight excluding hydrogens is 218 g/mol. The van der Waals surface area contributed by atoms with Crippen molar-refractivity contribution in [1.82, 2.24) is 0 Å². The third-order valence-electron chi connectivity index (χ3n) is 3.80. The molecule has 0 unspecified atom stereocenters. The Balaban J connectivity index is 4.07. The molecule has 106 valence electrons. The van der Waals surface area contributed by atoms with E-state index < -0.39 is 0 Å². The lowest BCUT2D eigenvalue weighted by atomic mass is 9.79. The minimum absolute atomic E-state index is 0.318. The van der Waals surface area contributed by atoms with Gasteiger partial charge in [0.05, 0.1) is 0 Å². The molecule has 1 heteroatoms. The van der Waals surface area contributed by atoms with Gasteiger partial charge in [-0.3, -0.25) is 0 Å². The molecule has 0 heterocycles. The first-order valence-corrected chi connectivity index (χ1v) is 7.87. The molecule has 0 spiro atoms. The summed E-state index contributed by atoms with van der Waals surface area (Å²) in [5, 5.41) is 7.16. The maximum atomic E-state index is 7.16. The average Bonchev–Trinajstić information content (AvgIpc) is 2.38. The van der Waals surface area contributed by atoms with Crippen LogP contribution >= 0.6 is 0 Å². The molecule has 0 aromatic heterocycles. The van der Waals surface area contributed by atoms with Crippen LogP contribution in [0.2, 0.25) is 0 Å². The lowest BCUT2D eigenvalue weighted by molar-refractivity contribution is 0.329. The molecule has 0 aliphatic carbocycles. The topological polar surface area (TPSA) is 23.9 Å². The van der Waals surface area contributed by atoms with Crippen molar-refractivity contribution in [2.24, 2.45) is 5.41 Å². The van der Waals surface area contributed by atoms with Crippen molar-refractivity contribution in [2.75, 3.05) is 0 Å². The Morgan fingerprint density at radius 1 is 0.833 bits per heavy atom. The quantitative estimate of drug-likeness (QED) is 0.318. The molecule has 0 aliphatic heterocycles. The minimum Gasteiger partial charge on any atom is -0.309 e. The van der Waals surface area contributed by atoms with Crippen LogP contribution in [0.1, 0.15) is 85.0 Å². The minimum atomic E-state index is 0.318. The van der Waals surface area contributed by atoms with E-state index in [1.807, 2.05) is 6.08 Å². The maximum absolute atomic E-state index is 7.16. The Hall–Kier alpha value is -0.590. The Morgan fingerprint density at radius 3 is 1.72 bits per heavy atom. The molecule has 0 aromatic rings. The van der Waals surface area contributed by atoms with Crippen LogP contribution in [0, 0.1) is 10.8 Å². The molecular formula is C17H33N. The van der Waals surface area contributed by atoms with Gasteiger partial charge in [0.15, 0.2) is 0 Å². The summed E-state index contributed by atoms with van der Waals surface area (Å²) in [5.74, 6) is 0. The van der Waals surface area contributed by atoms with Crippen LogP contribution in [0.15, 0.2) is 12.2 Å². The molecule has 1 nitrogen and oxygen atoms in total. The van der Waals surface area contributed by atoms with Crippen molar-refractivity contribution < 1.29 is 0 Å². The Bertz CT molecular complexity index is 206. The van der Waals surface area contributed by atoms with Gasteiger partial charge in [-0.15, -0.1) is 0 Å². The molecule has 0 bridgehead atoms. The number of nitrogens with one attached hydrogen (secondary N) is 1.